The maximum absolute atomic E-state index is 13.4. The molecule has 0 radical (unpaired) electrons. The Bertz CT molecular complexity index is 587. The van der Waals surface area contributed by atoms with E-state index in [1.54, 1.807) is 0 Å². The highest BCUT2D eigenvalue weighted by molar-refractivity contribution is 5.92. The van der Waals surface area contributed by atoms with Gasteiger partial charge in [0.05, 0.1) is 17.2 Å². The average molecular weight is 306 g/mol. The van der Waals surface area contributed by atoms with Crippen LogP contribution in [0.2, 0.25) is 0 Å². The fraction of sp³-hybridized carbons (Fsp3) is 0.385. The van der Waals surface area contributed by atoms with E-state index in [1.165, 1.54) is 19.9 Å². The van der Waals surface area contributed by atoms with Crippen molar-refractivity contribution in [3.05, 3.63) is 29.3 Å². The Morgan fingerprint density at radius 1 is 1.24 bits per heavy atom. The summed E-state index contributed by atoms with van der Waals surface area (Å²) in [6.45, 7) is 3.06. The van der Waals surface area contributed by atoms with E-state index >= 15 is 0 Å². The lowest BCUT2D eigenvalue weighted by Gasteiger charge is -2.21. The molecule has 21 heavy (non-hydrogen) atoms. The Balaban J connectivity index is 3.32. The quantitative estimate of drug-likeness (QED) is 0.863. The number of amides is 1. The van der Waals surface area contributed by atoms with Gasteiger partial charge in [0.2, 0.25) is 5.91 Å². The number of anilines is 1. The van der Waals surface area contributed by atoms with Gasteiger partial charge >= 0.3 is 12.1 Å². The number of rotatable bonds is 3. The summed E-state index contributed by atoms with van der Waals surface area (Å²) in [5, 5.41) is 10.9. The Morgan fingerprint density at radius 3 is 2.24 bits per heavy atom. The van der Waals surface area contributed by atoms with Crippen molar-refractivity contribution < 1.29 is 26.7 Å². The van der Waals surface area contributed by atoms with Crippen LogP contribution in [0.4, 0.5) is 27.6 Å². The second-order valence-corrected chi connectivity index (χ2v) is 4.59. The van der Waals surface area contributed by atoms with Crippen LogP contribution in [-0.4, -0.2) is 12.1 Å². The lowest BCUT2D eigenvalue weighted by molar-refractivity contribution is -0.289. The van der Waals surface area contributed by atoms with Gasteiger partial charge in [0.15, 0.2) is 0 Å². The molecule has 3 nitrogen and oxygen atoms in total. The van der Waals surface area contributed by atoms with Crippen LogP contribution in [0.15, 0.2) is 18.2 Å². The average Bonchev–Trinajstić information content (AvgIpc) is 2.37. The largest absolute Gasteiger partial charge is 0.458 e. The first-order chi connectivity index (χ1) is 9.50. The Morgan fingerprint density at radius 2 is 1.81 bits per heavy atom. The molecule has 0 unspecified atom stereocenters. The third kappa shape index (κ3) is 3.48. The van der Waals surface area contributed by atoms with E-state index in [0.717, 1.165) is 12.1 Å². The SMILES string of the molecule is CC(C)C(=O)Nc1ccc(C#N)c(C(F)(F)C(F)(F)F)c1. The molecule has 0 atom stereocenters. The number of carbonyl (C=O) groups excluding carboxylic acids is 1. The molecule has 0 aliphatic carbocycles. The van der Waals surface area contributed by atoms with Crippen molar-refractivity contribution in [2.24, 2.45) is 5.92 Å². The number of benzene rings is 1. The molecule has 0 heterocycles. The molecule has 0 saturated heterocycles. The summed E-state index contributed by atoms with van der Waals surface area (Å²) >= 11 is 0. The van der Waals surface area contributed by atoms with Gasteiger partial charge in [0.1, 0.15) is 0 Å². The summed E-state index contributed by atoms with van der Waals surface area (Å²) in [4.78, 5) is 11.4. The molecule has 0 fully saturated rings. The van der Waals surface area contributed by atoms with Crippen molar-refractivity contribution in [3.8, 4) is 6.07 Å². The van der Waals surface area contributed by atoms with Crippen molar-refractivity contribution in [1.82, 2.24) is 0 Å². The highest BCUT2D eigenvalue weighted by atomic mass is 19.4. The summed E-state index contributed by atoms with van der Waals surface area (Å²) in [7, 11) is 0. The predicted molar refractivity (Wildman–Crippen MR) is 64.6 cm³/mol. The van der Waals surface area contributed by atoms with Crippen LogP contribution in [0.25, 0.3) is 0 Å². The Labute approximate surface area is 117 Å². The van der Waals surface area contributed by atoms with Crippen molar-refractivity contribution in [2.45, 2.75) is 25.9 Å². The number of nitrogens with one attached hydrogen (secondary N) is 1. The fourth-order valence-corrected chi connectivity index (χ4v) is 1.42. The Hall–Kier alpha value is -2.17. The summed E-state index contributed by atoms with van der Waals surface area (Å²) < 4.78 is 64.0. The number of nitrogens with zero attached hydrogens (tertiary/aromatic N) is 1. The van der Waals surface area contributed by atoms with Crippen LogP contribution < -0.4 is 5.32 Å². The van der Waals surface area contributed by atoms with Gasteiger partial charge < -0.3 is 5.32 Å². The van der Waals surface area contributed by atoms with E-state index in [9.17, 15) is 26.7 Å². The summed E-state index contributed by atoms with van der Waals surface area (Å²) in [5.74, 6) is -6.20. The minimum absolute atomic E-state index is 0.230. The normalized spacial score (nSPS) is 12.1. The lowest BCUT2D eigenvalue weighted by Crippen LogP contribution is -2.34. The predicted octanol–water partition coefficient (Wildman–Crippen LogP) is 3.81. The molecule has 0 aromatic heterocycles. The molecule has 1 rings (SSSR count). The number of nitriles is 1. The third-order valence-electron chi connectivity index (χ3n) is 2.63. The monoisotopic (exact) mass is 306 g/mol. The van der Waals surface area contributed by atoms with Gasteiger partial charge in [-0.3, -0.25) is 4.79 Å². The van der Waals surface area contributed by atoms with Crippen LogP contribution in [0.1, 0.15) is 25.0 Å². The van der Waals surface area contributed by atoms with Gasteiger partial charge in [0, 0.05) is 11.6 Å². The summed E-state index contributed by atoms with van der Waals surface area (Å²) in [6.07, 6.45) is -5.83. The van der Waals surface area contributed by atoms with E-state index in [-0.39, 0.29) is 5.69 Å². The fourth-order valence-electron chi connectivity index (χ4n) is 1.42. The van der Waals surface area contributed by atoms with Gasteiger partial charge in [-0.15, -0.1) is 0 Å². The first-order valence-corrected chi connectivity index (χ1v) is 5.80. The summed E-state index contributed by atoms with van der Waals surface area (Å²) in [6, 6.07) is 3.65. The van der Waals surface area contributed by atoms with Crippen LogP contribution in [0.3, 0.4) is 0 Å². The van der Waals surface area contributed by atoms with Crippen molar-refractivity contribution in [2.75, 3.05) is 5.32 Å². The van der Waals surface area contributed by atoms with Gasteiger partial charge in [-0.2, -0.15) is 27.2 Å². The van der Waals surface area contributed by atoms with E-state index < -0.39 is 35.1 Å². The van der Waals surface area contributed by atoms with E-state index in [4.69, 9.17) is 5.26 Å². The van der Waals surface area contributed by atoms with Crippen molar-refractivity contribution in [1.29, 1.82) is 5.26 Å². The zero-order valence-electron chi connectivity index (χ0n) is 11.1. The van der Waals surface area contributed by atoms with E-state index in [2.05, 4.69) is 5.32 Å². The van der Waals surface area contributed by atoms with Gasteiger partial charge in [-0.25, -0.2) is 0 Å². The molecular formula is C13H11F5N2O. The van der Waals surface area contributed by atoms with Crippen LogP contribution in [0, 0.1) is 17.2 Å². The first-order valence-electron chi connectivity index (χ1n) is 5.80. The van der Waals surface area contributed by atoms with E-state index in [1.807, 2.05) is 0 Å². The van der Waals surface area contributed by atoms with Crippen LogP contribution >= 0.6 is 0 Å². The zero-order valence-corrected chi connectivity index (χ0v) is 11.1. The second-order valence-electron chi connectivity index (χ2n) is 4.59. The number of halogens is 5. The minimum atomic E-state index is -5.83. The lowest BCUT2D eigenvalue weighted by atomic mass is 10.0. The molecular weight excluding hydrogens is 295 g/mol. The topological polar surface area (TPSA) is 52.9 Å². The zero-order chi connectivity index (χ0) is 16.4. The molecule has 1 aromatic carbocycles. The Kier molecular flexibility index (Phi) is 4.56. The molecule has 1 aromatic rings. The maximum atomic E-state index is 13.4. The molecule has 114 valence electrons. The summed E-state index contributed by atoms with van der Waals surface area (Å²) in [5.41, 5.74) is -2.52. The van der Waals surface area contributed by atoms with Gasteiger partial charge in [-0.05, 0) is 18.2 Å². The molecule has 8 heteroatoms. The smallest absolute Gasteiger partial charge is 0.326 e. The van der Waals surface area contributed by atoms with Gasteiger partial charge in [0.25, 0.3) is 0 Å². The maximum Gasteiger partial charge on any atom is 0.458 e. The third-order valence-corrected chi connectivity index (χ3v) is 2.63. The molecule has 0 aliphatic rings. The standard InChI is InChI=1S/C13H11F5N2O/c1-7(2)11(21)20-9-4-3-8(6-19)10(5-9)12(14,15)13(16,17)18/h3-5,7H,1-2H3,(H,20,21). The number of alkyl halides is 5. The molecule has 0 aliphatic heterocycles. The number of hydrogen-bond donors (Lipinski definition) is 1. The highest BCUT2D eigenvalue weighted by Gasteiger charge is 2.59. The second kappa shape index (κ2) is 5.68. The number of carbonyl (C=O) groups is 1. The first kappa shape index (κ1) is 16.9. The molecule has 1 amide bonds. The van der Waals surface area contributed by atoms with Crippen LogP contribution in [-0.2, 0) is 10.7 Å². The molecule has 0 saturated carbocycles. The molecule has 0 bridgehead atoms. The van der Waals surface area contributed by atoms with Crippen molar-refractivity contribution >= 4 is 11.6 Å². The van der Waals surface area contributed by atoms with Gasteiger partial charge in [-0.1, -0.05) is 13.8 Å². The molecule has 0 spiro atoms. The highest BCUT2D eigenvalue weighted by Crippen LogP contribution is 2.45. The van der Waals surface area contributed by atoms with Crippen LogP contribution in [0.5, 0.6) is 0 Å². The van der Waals surface area contributed by atoms with E-state index in [0.29, 0.717) is 6.07 Å². The number of hydrogen-bond acceptors (Lipinski definition) is 2. The molecule has 1 N–H and O–H groups in total. The van der Waals surface area contributed by atoms with Crippen molar-refractivity contribution in [3.63, 3.8) is 0 Å². The minimum Gasteiger partial charge on any atom is -0.326 e.